The third-order valence-electron chi connectivity index (χ3n) is 3.25. The zero-order valence-corrected chi connectivity index (χ0v) is 10.5. The Balaban J connectivity index is 1.64. The van der Waals surface area contributed by atoms with E-state index in [2.05, 4.69) is 13.2 Å². The van der Waals surface area contributed by atoms with Crippen LogP contribution in [-0.4, -0.2) is 25.4 Å². The van der Waals surface area contributed by atoms with Gasteiger partial charge in [0.2, 0.25) is 0 Å². The highest BCUT2D eigenvalue weighted by Gasteiger charge is 2.20. The van der Waals surface area contributed by atoms with Gasteiger partial charge in [0.05, 0.1) is 23.7 Å². The summed E-state index contributed by atoms with van der Waals surface area (Å²) in [5, 5.41) is 0. The summed E-state index contributed by atoms with van der Waals surface area (Å²) >= 11 is 0. The summed E-state index contributed by atoms with van der Waals surface area (Å²) < 4.78 is 16.7. The molecule has 2 unspecified atom stereocenters. The van der Waals surface area contributed by atoms with Gasteiger partial charge in [-0.2, -0.15) is 0 Å². The Labute approximate surface area is 103 Å². The van der Waals surface area contributed by atoms with E-state index in [1.807, 2.05) is 0 Å². The Bertz CT molecular complexity index is 245. The van der Waals surface area contributed by atoms with E-state index in [1.54, 1.807) is 0 Å². The van der Waals surface area contributed by atoms with Gasteiger partial charge in [-0.3, -0.25) is 0 Å². The van der Waals surface area contributed by atoms with Crippen LogP contribution < -0.4 is 0 Å². The fraction of sp³-hybridized carbons (Fsp3) is 0.714. The molecule has 0 aromatic rings. The lowest BCUT2D eigenvalue weighted by atomic mass is 10.1. The molecule has 0 bridgehead atoms. The van der Waals surface area contributed by atoms with Crippen LogP contribution in [0.5, 0.6) is 0 Å². The molecule has 2 aliphatic rings. The summed E-state index contributed by atoms with van der Waals surface area (Å²) in [5.74, 6) is 1.53. The van der Waals surface area contributed by atoms with Crippen molar-refractivity contribution in [3.05, 3.63) is 24.7 Å². The van der Waals surface area contributed by atoms with E-state index in [1.165, 1.54) is 0 Å². The van der Waals surface area contributed by atoms with E-state index < -0.39 is 0 Å². The third-order valence-corrected chi connectivity index (χ3v) is 3.25. The maximum atomic E-state index is 5.63. The monoisotopic (exact) mass is 238 g/mol. The standard InChI is InChI=1S/C14H22O3/c1-11(9-13-5-3-7-15-13)17-12(2)10-14-6-4-8-16-14/h13-14H,1-10H2. The van der Waals surface area contributed by atoms with Crippen molar-refractivity contribution in [3.8, 4) is 0 Å². The fourth-order valence-corrected chi connectivity index (χ4v) is 2.41. The lowest BCUT2D eigenvalue weighted by Crippen LogP contribution is -2.10. The molecule has 17 heavy (non-hydrogen) atoms. The van der Waals surface area contributed by atoms with Crippen molar-refractivity contribution in [3.63, 3.8) is 0 Å². The minimum Gasteiger partial charge on any atom is -0.467 e. The first-order valence-corrected chi connectivity index (χ1v) is 6.50. The molecule has 2 atom stereocenters. The van der Waals surface area contributed by atoms with Gasteiger partial charge in [0, 0.05) is 26.1 Å². The Kier molecular flexibility index (Phi) is 4.63. The summed E-state index contributed by atoms with van der Waals surface area (Å²) in [6.45, 7) is 9.60. The number of rotatable bonds is 6. The lowest BCUT2D eigenvalue weighted by molar-refractivity contribution is 0.0858. The number of hydrogen-bond acceptors (Lipinski definition) is 3. The Morgan fingerprint density at radius 2 is 1.41 bits per heavy atom. The first-order chi connectivity index (χ1) is 8.24. The van der Waals surface area contributed by atoms with Crippen molar-refractivity contribution in [1.82, 2.24) is 0 Å². The van der Waals surface area contributed by atoms with Crippen LogP contribution >= 0.6 is 0 Å². The van der Waals surface area contributed by atoms with Gasteiger partial charge in [0.25, 0.3) is 0 Å². The quantitative estimate of drug-likeness (QED) is 0.665. The molecule has 2 heterocycles. The molecule has 3 heteroatoms. The summed E-state index contributed by atoms with van der Waals surface area (Å²) in [6, 6.07) is 0. The average Bonchev–Trinajstić information content (AvgIpc) is 2.90. The van der Waals surface area contributed by atoms with Crippen molar-refractivity contribution in [1.29, 1.82) is 0 Å². The van der Waals surface area contributed by atoms with E-state index in [-0.39, 0.29) is 12.2 Å². The van der Waals surface area contributed by atoms with Crippen LogP contribution in [0.4, 0.5) is 0 Å². The molecule has 0 N–H and O–H groups in total. The molecule has 0 saturated carbocycles. The number of hydrogen-bond donors (Lipinski definition) is 0. The molecular formula is C14H22O3. The lowest BCUT2D eigenvalue weighted by Gasteiger charge is -2.16. The molecule has 0 spiro atoms. The van der Waals surface area contributed by atoms with Crippen molar-refractivity contribution in [2.24, 2.45) is 0 Å². The van der Waals surface area contributed by atoms with Gasteiger partial charge in [-0.05, 0) is 25.7 Å². The second kappa shape index (κ2) is 6.22. The predicted octanol–water partition coefficient (Wildman–Crippen LogP) is 3.17. The van der Waals surface area contributed by atoms with Gasteiger partial charge in [0.1, 0.15) is 0 Å². The highest BCUT2D eigenvalue weighted by molar-refractivity contribution is 4.97. The maximum Gasteiger partial charge on any atom is 0.0990 e. The van der Waals surface area contributed by atoms with Crippen molar-refractivity contribution >= 4 is 0 Å². The van der Waals surface area contributed by atoms with Crippen LogP contribution in [0.15, 0.2) is 24.7 Å². The smallest absolute Gasteiger partial charge is 0.0990 e. The zero-order chi connectivity index (χ0) is 12.1. The minimum atomic E-state index is 0.290. The van der Waals surface area contributed by atoms with E-state index in [9.17, 15) is 0 Å². The molecule has 2 saturated heterocycles. The molecule has 0 aromatic carbocycles. The molecule has 2 fully saturated rings. The Morgan fingerprint density at radius 3 is 1.76 bits per heavy atom. The van der Waals surface area contributed by atoms with Crippen LogP contribution in [-0.2, 0) is 14.2 Å². The van der Waals surface area contributed by atoms with Gasteiger partial charge in [-0.25, -0.2) is 0 Å². The molecule has 0 amide bonds. The van der Waals surface area contributed by atoms with Crippen LogP contribution in [0.1, 0.15) is 38.5 Å². The van der Waals surface area contributed by atoms with Crippen molar-refractivity contribution in [2.75, 3.05) is 13.2 Å². The van der Waals surface area contributed by atoms with Crippen LogP contribution in [0.2, 0.25) is 0 Å². The van der Waals surface area contributed by atoms with Gasteiger partial charge in [0.15, 0.2) is 0 Å². The molecular weight excluding hydrogens is 216 g/mol. The normalized spacial score (nSPS) is 28.2. The van der Waals surface area contributed by atoms with Crippen LogP contribution in [0.25, 0.3) is 0 Å². The van der Waals surface area contributed by atoms with E-state index in [4.69, 9.17) is 14.2 Å². The summed E-state index contributed by atoms with van der Waals surface area (Å²) in [6.07, 6.45) is 6.66. The SMILES string of the molecule is C=C(CC1CCCO1)OC(=C)CC1CCCO1. The largest absolute Gasteiger partial charge is 0.467 e. The molecule has 0 aliphatic carbocycles. The molecule has 0 radical (unpaired) electrons. The first kappa shape index (κ1) is 12.7. The van der Waals surface area contributed by atoms with Crippen molar-refractivity contribution < 1.29 is 14.2 Å². The van der Waals surface area contributed by atoms with Gasteiger partial charge in [-0.15, -0.1) is 0 Å². The second-order valence-electron chi connectivity index (χ2n) is 4.86. The summed E-state index contributed by atoms with van der Waals surface area (Å²) in [5.41, 5.74) is 0. The average molecular weight is 238 g/mol. The number of ether oxygens (including phenoxy) is 3. The topological polar surface area (TPSA) is 27.7 Å². The molecule has 3 nitrogen and oxygen atoms in total. The maximum absolute atomic E-state index is 5.63. The molecule has 2 rings (SSSR count). The highest BCUT2D eigenvalue weighted by atomic mass is 16.5. The molecule has 2 aliphatic heterocycles. The van der Waals surface area contributed by atoms with Crippen LogP contribution in [0, 0.1) is 0 Å². The highest BCUT2D eigenvalue weighted by Crippen LogP contribution is 2.24. The van der Waals surface area contributed by atoms with E-state index in [0.717, 1.165) is 63.3 Å². The fourth-order valence-electron chi connectivity index (χ4n) is 2.41. The first-order valence-electron chi connectivity index (χ1n) is 6.50. The third kappa shape index (κ3) is 4.17. The minimum absolute atomic E-state index is 0.290. The van der Waals surface area contributed by atoms with Crippen LogP contribution in [0.3, 0.4) is 0 Å². The summed E-state index contributed by atoms with van der Waals surface area (Å²) in [4.78, 5) is 0. The van der Waals surface area contributed by atoms with E-state index >= 15 is 0 Å². The predicted molar refractivity (Wildman–Crippen MR) is 66.5 cm³/mol. The Hall–Kier alpha value is -0.800. The van der Waals surface area contributed by atoms with E-state index in [0.29, 0.717) is 0 Å². The second-order valence-corrected chi connectivity index (χ2v) is 4.86. The van der Waals surface area contributed by atoms with Gasteiger partial charge >= 0.3 is 0 Å². The van der Waals surface area contributed by atoms with Gasteiger partial charge < -0.3 is 14.2 Å². The molecule has 96 valence electrons. The van der Waals surface area contributed by atoms with Gasteiger partial charge in [-0.1, -0.05) is 13.2 Å². The zero-order valence-electron chi connectivity index (χ0n) is 10.5. The van der Waals surface area contributed by atoms with Crippen molar-refractivity contribution in [2.45, 2.75) is 50.7 Å². The summed E-state index contributed by atoms with van der Waals surface area (Å²) in [7, 11) is 0. The Morgan fingerprint density at radius 1 is 0.941 bits per heavy atom. The molecule has 0 aromatic heterocycles.